The molecule has 0 saturated heterocycles. The van der Waals surface area contributed by atoms with Crippen molar-refractivity contribution in [3.63, 3.8) is 0 Å². The summed E-state index contributed by atoms with van der Waals surface area (Å²) in [6, 6.07) is 7.90. The first-order chi connectivity index (χ1) is 11.7. The average Bonchev–Trinajstić information content (AvgIpc) is 3.23. The van der Waals surface area contributed by atoms with Gasteiger partial charge in [-0.25, -0.2) is 9.48 Å². The van der Waals surface area contributed by atoms with E-state index in [0.717, 1.165) is 34.5 Å². The molecule has 0 unspecified atom stereocenters. The Bertz CT molecular complexity index is 928. The Balaban J connectivity index is 1.62. The summed E-state index contributed by atoms with van der Waals surface area (Å²) in [5, 5.41) is 13.9. The van der Waals surface area contributed by atoms with Crippen molar-refractivity contribution in [2.24, 2.45) is 0 Å². The molecule has 0 aliphatic heterocycles. The molecular weight excluding hydrogens is 324 g/mol. The maximum atomic E-state index is 11.8. The minimum absolute atomic E-state index is 0.320. The maximum absolute atomic E-state index is 11.8. The quantitative estimate of drug-likeness (QED) is 0.534. The van der Waals surface area contributed by atoms with Gasteiger partial charge in [0.25, 0.3) is 0 Å². The first kappa shape index (κ1) is 15.4. The summed E-state index contributed by atoms with van der Waals surface area (Å²) in [4.78, 5) is 11.8. The largest absolute Gasteiger partial charge is 0.423 e. The van der Waals surface area contributed by atoms with Crippen LogP contribution in [0.5, 0.6) is 0 Å². The molecule has 124 valence electrons. The maximum Gasteiger partial charge on any atom is 0.336 e. The Morgan fingerprint density at radius 1 is 1.29 bits per heavy atom. The molecule has 0 N–H and O–H groups in total. The van der Waals surface area contributed by atoms with Crippen molar-refractivity contribution in [3.05, 3.63) is 45.8 Å². The highest BCUT2D eigenvalue weighted by Gasteiger charge is 2.21. The van der Waals surface area contributed by atoms with Gasteiger partial charge in [0.2, 0.25) is 5.16 Å². The Morgan fingerprint density at radius 3 is 2.96 bits per heavy atom. The smallest absolute Gasteiger partial charge is 0.336 e. The lowest BCUT2D eigenvalue weighted by molar-refractivity contribution is 0.423. The topological polar surface area (TPSA) is 73.8 Å². The fourth-order valence-corrected chi connectivity index (χ4v) is 4.19. The van der Waals surface area contributed by atoms with Gasteiger partial charge in [0.05, 0.1) is 6.04 Å². The molecule has 0 bridgehead atoms. The molecule has 7 heteroatoms. The first-order valence-corrected chi connectivity index (χ1v) is 9.13. The number of fused-ring (bicyclic) bond motifs is 1. The molecule has 1 fully saturated rings. The van der Waals surface area contributed by atoms with Crippen LogP contribution in [0.1, 0.15) is 42.9 Å². The number of nitrogens with zero attached hydrogens (tertiary/aromatic N) is 4. The zero-order valence-corrected chi connectivity index (χ0v) is 14.3. The summed E-state index contributed by atoms with van der Waals surface area (Å²) in [7, 11) is 0. The summed E-state index contributed by atoms with van der Waals surface area (Å²) in [6.45, 7) is 1.98. The van der Waals surface area contributed by atoms with Crippen LogP contribution in [0.25, 0.3) is 11.0 Å². The lowest BCUT2D eigenvalue weighted by atomic mass is 10.1. The van der Waals surface area contributed by atoms with Crippen LogP contribution in [0.4, 0.5) is 0 Å². The summed E-state index contributed by atoms with van der Waals surface area (Å²) in [5.41, 5.74) is 2.33. The van der Waals surface area contributed by atoms with Gasteiger partial charge in [0, 0.05) is 17.2 Å². The first-order valence-electron chi connectivity index (χ1n) is 8.15. The van der Waals surface area contributed by atoms with Gasteiger partial charge in [-0.2, -0.15) is 0 Å². The normalized spacial score (nSPS) is 15.4. The standard InChI is InChI=1S/C17H18N4O2S/c1-11-6-7-14-12(9-16(22)23-15(14)8-11)10-24-17-18-19-20-21(17)13-4-2-3-5-13/h6-9,13H,2-5,10H2,1H3. The number of aromatic nitrogens is 4. The Hall–Kier alpha value is -2.15. The van der Waals surface area contributed by atoms with E-state index < -0.39 is 0 Å². The van der Waals surface area contributed by atoms with Crippen LogP contribution in [0.2, 0.25) is 0 Å². The van der Waals surface area contributed by atoms with Gasteiger partial charge in [-0.1, -0.05) is 36.7 Å². The number of thioether (sulfide) groups is 1. The minimum Gasteiger partial charge on any atom is -0.423 e. The van der Waals surface area contributed by atoms with Crippen LogP contribution < -0.4 is 5.63 Å². The predicted octanol–water partition coefficient (Wildman–Crippen LogP) is 3.50. The van der Waals surface area contributed by atoms with Crippen LogP contribution in [-0.4, -0.2) is 20.2 Å². The molecule has 4 rings (SSSR count). The Labute approximate surface area is 143 Å². The molecule has 0 spiro atoms. The Morgan fingerprint density at radius 2 is 2.12 bits per heavy atom. The second-order valence-electron chi connectivity index (χ2n) is 6.22. The van der Waals surface area contributed by atoms with Crippen molar-refractivity contribution in [1.82, 2.24) is 20.2 Å². The molecule has 3 aromatic rings. The van der Waals surface area contributed by atoms with Gasteiger partial charge in [-0.15, -0.1) is 5.10 Å². The van der Waals surface area contributed by atoms with Crippen molar-refractivity contribution in [2.75, 3.05) is 0 Å². The molecule has 24 heavy (non-hydrogen) atoms. The van der Waals surface area contributed by atoms with Crippen LogP contribution >= 0.6 is 11.8 Å². The van der Waals surface area contributed by atoms with E-state index in [9.17, 15) is 4.79 Å². The van der Waals surface area contributed by atoms with E-state index >= 15 is 0 Å². The van der Waals surface area contributed by atoms with Gasteiger partial charge >= 0.3 is 5.63 Å². The molecular formula is C17H18N4O2S. The van der Waals surface area contributed by atoms with Gasteiger partial charge in [0.15, 0.2) is 0 Å². The van der Waals surface area contributed by atoms with Crippen molar-refractivity contribution < 1.29 is 4.42 Å². The van der Waals surface area contributed by atoms with Gasteiger partial charge in [-0.3, -0.25) is 0 Å². The zero-order chi connectivity index (χ0) is 16.5. The van der Waals surface area contributed by atoms with Crippen LogP contribution in [-0.2, 0) is 5.75 Å². The van der Waals surface area contributed by atoms with E-state index in [1.165, 1.54) is 12.8 Å². The molecule has 2 heterocycles. The highest BCUT2D eigenvalue weighted by Crippen LogP contribution is 2.32. The van der Waals surface area contributed by atoms with E-state index in [2.05, 4.69) is 15.5 Å². The average molecular weight is 342 g/mol. The number of rotatable bonds is 4. The molecule has 1 aliphatic carbocycles. The SMILES string of the molecule is Cc1ccc2c(CSc3nnnn3C3CCCC3)cc(=O)oc2c1. The molecule has 0 amide bonds. The molecule has 0 radical (unpaired) electrons. The summed E-state index contributed by atoms with van der Waals surface area (Å²) >= 11 is 1.57. The fraction of sp³-hybridized carbons (Fsp3) is 0.412. The molecule has 6 nitrogen and oxygen atoms in total. The third kappa shape index (κ3) is 2.96. The number of aryl methyl sites for hydroxylation is 1. The van der Waals surface area contributed by atoms with E-state index in [4.69, 9.17) is 4.42 Å². The zero-order valence-electron chi connectivity index (χ0n) is 13.4. The second-order valence-corrected chi connectivity index (χ2v) is 7.17. The number of tetrazole rings is 1. The van der Waals surface area contributed by atoms with E-state index in [1.54, 1.807) is 17.8 Å². The van der Waals surface area contributed by atoms with Gasteiger partial charge < -0.3 is 4.42 Å². The third-order valence-electron chi connectivity index (χ3n) is 4.48. The molecule has 1 aliphatic rings. The third-order valence-corrected chi connectivity index (χ3v) is 5.46. The van der Waals surface area contributed by atoms with Crippen molar-refractivity contribution in [2.45, 2.75) is 49.6 Å². The summed E-state index contributed by atoms with van der Waals surface area (Å²) in [6.07, 6.45) is 4.74. The monoisotopic (exact) mass is 342 g/mol. The van der Waals surface area contributed by atoms with Crippen LogP contribution in [0.3, 0.4) is 0 Å². The number of benzene rings is 1. The van der Waals surface area contributed by atoms with Gasteiger partial charge in [0.1, 0.15) is 5.58 Å². The second kappa shape index (κ2) is 6.39. The Kier molecular flexibility index (Phi) is 4.10. The highest BCUT2D eigenvalue weighted by atomic mass is 32.2. The molecule has 1 aromatic carbocycles. The molecule has 0 atom stereocenters. The van der Waals surface area contributed by atoms with E-state index in [0.29, 0.717) is 17.4 Å². The van der Waals surface area contributed by atoms with Crippen molar-refractivity contribution >= 4 is 22.7 Å². The fourth-order valence-electron chi connectivity index (χ4n) is 3.26. The summed E-state index contributed by atoms with van der Waals surface area (Å²) < 4.78 is 7.25. The van der Waals surface area contributed by atoms with Crippen LogP contribution in [0, 0.1) is 6.92 Å². The lowest BCUT2D eigenvalue weighted by Crippen LogP contribution is -2.08. The predicted molar refractivity (Wildman–Crippen MR) is 92.1 cm³/mol. The number of hydrogen-bond acceptors (Lipinski definition) is 6. The van der Waals surface area contributed by atoms with Gasteiger partial charge in [-0.05, 0) is 47.4 Å². The summed E-state index contributed by atoms with van der Waals surface area (Å²) in [5.74, 6) is 0.637. The minimum atomic E-state index is -0.320. The molecule has 1 saturated carbocycles. The van der Waals surface area contributed by atoms with Crippen molar-refractivity contribution in [1.29, 1.82) is 0 Å². The number of hydrogen-bond donors (Lipinski definition) is 0. The highest BCUT2D eigenvalue weighted by molar-refractivity contribution is 7.98. The van der Waals surface area contributed by atoms with Crippen LogP contribution in [0.15, 0.2) is 38.6 Å². The lowest BCUT2D eigenvalue weighted by Gasteiger charge is -2.11. The van der Waals surface area contributed by atoms with Crippen molar-refractivity contribution in [3.8, 4) is 0 Å². The van der Waals surface area contributed by atoms with E-state index in [-0.39, 0.29) is 5.63 Å². The van der Waals surface area contributed by atoms with E-state index in [1.807, 2.05) is 29.8 Å². The molecule has 2 aromatic heterocycles.